The van der Waals surface area contributed by atoms with Crippen molar-refractivity contribution in [2.45, 2.75) is 50.0 Å². The number of primary amides is 1. The largest absolute Gasteiger partial charge is 0.508 e. The van der Waals surface area contributed by atoms with E-state index in [2.05, 4.69) is 0 Å². The van der Waals surface area contributed by atoms with Crippen molar-refractivity contribution < 1.29 is 39.2 Å². The summed E-state index contributed by atoms with van der Waals surface area (Å²) in [5, 5.41) is 45.8. The number of nitrogens with zero attached hydrogens (tertiary/aromatic N) is 3. The van der Waals surface area contributed by atoms with Gasteiger partial charge in [-0.25, -0.2) is 4.39 Å². The summed E-state index contributed by atoms with van der Waals surface area (Å²) in [7, 11) is 6.77. The number of aromatic hydroxyl groups is 1. The number of amides is 1. The van der Waals surface area contributed by atoms with Crippen molar-refractivity contribution in [3.05, 3.63) is 39.7 Å². The number of aliphatic hydroxyl groups excluding tert-OH is 2. The summed E-state index contributed by atoms with van der Waals surface area (Å²) in [6.07, 6.45) is 0.153. The maximum Gasteiger partial charge on any atom is 0.255 e. The number of hydrogen-bond acceptors (Lipinski definition) is 10. The second-order valence-electron chi connectivity index (χ2n) is 12.1. The Morgan fingerprint density at radius 1 is 1.15 bits per heavy atom. The van der Waals surface area contributed by atoms with E-state index in [0.29, 0.717) is 43.6 Å². The van der Waals surface area contributed by atoms with E-state index in [4.69, 9.17) is 5.73 Å². The Bertz CT molecular complexity index is 1400. The Balaban J connectivity index is 1.67. The first-order valence-electron chi connectivity index (χ1n) is 13.8. The number of alkyl halides is 1. The SMILES string of the molecule is CN(C)c1cc(CN2CCC(F)CC2)c(O)c2c1C[C@H]1C[C@H]3[C@H](N(C)C)C(=O)C(C(N)=O)=C(O)[C@@]3(O)C(=O)C1=C2O. The van der Waals surface area contributed by atoms with Gasteiger partial charge in [-0.3, -0.25) is 24.2 Å². The minimum atomic E-state index is -2.68. The van der Waals surface area contributed by atoms with E-state index in [-0.39, 0.29) is 29.7 Å². The molecular weight excluding hydrogens is 535 g/mol. The number of aliphatic hydroxyl groups is 3. The molecule has 11 nitrogen and oxygen atoms in total. The number of nitrogens with two attached hydrogens (primary N) is 1. The fourth-order valence-electron chi connectivity index (χ4n) is 7.17. The van der Waals surface area contributed by atoms with Crippen LogP contribution in [0.1, 0.15) is 36.0 Å². The second kappa shape index (κ2) is 10.1. The lowest BCUT2D eigenvalue weighted by atomic mass is 9.57. The maximum absolute atomic E-state index is 14.1. The van der Waals surface area contributed by atoms with Crippen LogP contribution in [-0.2, 0) is 27.3 Å². The molecule has 5 rings (SSSR count). The fraction of sp³-hybridized carbons (Fsp3) is 0.552. The quantitative estimate of drug-likeness (QED) is 0.321. The van der Waals surface area contributed by atoms with Gasteiger partial charge in [0, 0.05) is 56.5 Å². The van der Waals surface area contributed by atoms with E-state index >= 15 is 0 Å². The molecule has 12 heteroatoms. The molecule has 1 saturated carbocycles. The van der Waals surface area contributed by atoms with Gasteiger partial charge in [0.05, 0.1) is 11.6 Å². The van der Waals surface area contributed by atoms with Crippen LogP contribution in [0.15, 0.2) is 23.0 Å². The molecule has 2 fully saturated rings. The molecule has 1 amide bonds. The van der Waals surface area contributed by atoms with Crippen molar-refractivity contribution in [3.8, 4) is 5.75 Å². The number of Topliss-reactive ketones (excluding diaryl/α,β-unsaturated/α-hetero) is 2. The monoisotopic (exact) mass is 572 g/mol. The highest BCUT2D eigenvalue weighted by atomic mass is 19.1. The number of phenolic OH excluding ortho intramolecular Hbond substituents is 1. The Hall–Kier alpha value is -3.48. The Morgan fingerprint density at radius 3 is 2.34 bits per heavy atom. The Morgan fingerprint density at radius 2 is 1.78 bits per heavy atom. The molecule has 1 aromatic carbocycles. The summed E-state index contributed by atoms with van der Waals surface area (Å²) < 4.78 is 13.7. The van der Waals surface area contributed by atoms with E-state index in [1.165, 1.54) is 4.90 Å². The van der Waals surface area contributed by atoms with Gasteiger partial charge in [0.2, 0.25) is 5.78 Å². The average molecular weight is 573 g/mol. The fourth-order valence-corrected chi connectivity index (χ4v) is 7.17. The van der Waals surface area contributed by atoms with Crippen LogP contribution in [-0.4, -0.2) is 107 Å². The Labute approximate surface area is 237 Å². The summed E-state index contributed by atoms with van der Waals surface area (Å²) >= 11 is 0. The third-order valence-electron chi connectivity index (χ3n) is 9.17. The number of likely N-dealkylation sites (N-methyl/N-ethyl adjacent to an activating group) is 1. The second-order valence-corrected chi connectivity index (χ2v) is 12.1. The van der Waals surface area contributed by atoms with Gasteiger partial charge in [-0.2, -0.15) is 0 Å². The first kappa shape index (κ1) is 29.0. The van der Waals surface area contributed by atoms with Crippen molar-refractivity contribution >= 4 is 28.9 Å². The summed E-state index contributed by atoms with van der Waals surface area (Å²) in [4.78, 5) is 44.8. The van der Waals surface area contributed by atoms with Crippen molar-refractivity contribution in [3.63, 3.8) is 0 Å². The van der Waals surface area contributed by atoms with E-state index < -0.39 is 64.2 Å². The molecule has 6 N–H and O–H groups in total. The lowest BCUT2D eigenvalue weighted by Crippen LogP contribution is -2.65. The Kier molecular flexibility index (Phi) is 7.16. The minimum absolute atomic E-state index is 0.0271. The van der Waals surface area contributed by atoms with Crippen molar-refractivity contribution in [2.75, 3.05) is 46.2 Å². The number of hydrogen-bond donors (Lipinski definition) is 5. The number of halogens is 1. The van der Waals surface area contributed by atoms with Crippen LogP contribution in [0.2, 0.25) is 0 Å². The van der Waals surface area contributed by atoms with E-state index in [1.54, 1.807) is 14.1 Å². The molecule has 0 aromatic heterocycles. The van der Waals surface area contributed by atoms with Crippen molar-refractivity contribution in [2.24, 2.45) is 17.6 Å². The van der Waals surface area contributed by atoms with Crippen LogP contribution in [0, 0.1) is 11.8 Å². The molecule has 1 heterocycles. The van der Waals surface area contributed by atoms with E-state index in [9.17, 15) is 39.2 Å². The van der Waals surface area contributed by atoms with Crippen LogP contribution in [0.25, 0.3) is 5.76 Å². The zero-order valence-electron chi connectivity index (χ0n) is 23.6. The van der Waals surface area contributed by atoms with Crippen LogP contribution < -0.4 is 10.6 Å². The number of carbonyl (C=O) groups is 3. The molecular formula is C29H37FN4O7. The third-order valence-corrected chi connectivity index (χ3v) is 9.17. The van der Waals surface area contributed by atoms with Crippen LogP contribution in [0.4, 0.5) is 10.1 Å². The number of fused-ring (bicyclic) bond motifs is 3. The lowest BCUT2D eigenvalue weighted by Gasteiger charge is -2.50. The number of carbonyl (C=O) groups excluding carboxylic acids is 3. The van der Waals surface area contributed by atoms with Gasteiger partial charge >= 0.3 is 0 Å². The van der Waals surface area contributed by atoms with Gasteiger partial charge in [0.15, 0.2) is 11.4 Å². The number of ketones is 2. The number of piperidine rings is 1. The molecule has 0 unspecified atom stereocenters. The standard InChI is InChI=1S/C29H37FN4O7/c1-32(2)18-11-14(12-34-7-5-15(30)6-8-34)23(35)20-16(18)9-13-10-17-22(33(3)4)25(37)21(28(31)40)27(39)29(17,41)26(38)19(13)24(20)36/h11,13,15,17,22,35-36,39,41H,5-10,12H2,1-4H3,(H2,31,40)/t13-,17-,22-,29-/m0/s1. The third kappa shape index (κ3) is 4.31. The molecule has 0 spiro atoms. The topological polar surface area (TPSA) is 168 Å². The highest BCUT2D eigenvalue weighted by Gasteiger charge is 2.64. The van der Waals surface area contributed by atoms with Gasteiger partial charge in [-0.1, -0.05) is 0 Å². The molecule has 1 aliphatic heterocycles. The first-order chi connectivity index (χ1) is 19.2. The predicted molar refractivity (Wildman–Crippen MR) is 148 cm³/mol. The van der Waals surface area contributed by atoms with Gasteiger partial charge in [-0.05, 0) is 57.3 Å². The number of phenols is 1. The van der Waals surface area contributed by atoms with E-state index in [1.807, 2.05) is 30.0 Å². The summed E-state index contributed by atoms with van der Waals surface area (Å²) in [5.74, 6) is -6.74. The highest BCUT2D eigenvalue weighted by molar-refractivity contribution is 6.24. The molecule has 3 aliphatic carbocycles. The molecule has 1 saturated heterocycles. The lowest BCUT2D eigenvalue weighted by molar-refractivity contribution is -0.153. The zero-order chi connectivity index (χ0) is 30.1. The molecule has 1 aromatic rings. The van der Waals surface area contributed by atoms with Gasteiger partial charge in [-0.15, -0.1) is 0 Å². The number of rotatable bonds is 5. The molecule has 4 aliphatic rings. The normalized spacial score (nSPS) is 29.0. The molecule has 41 heavy (non-hydrogen) atoms. The minimum Gasteiger partial charge on any atom is -0.508 e. The van der Waals surface area contributed by atoms with Crippen molar-refractivity contribution in [1.29, 1.82) is 0 Å². The maximum atomic E-state index is 14.1. The molecule has 0 bridgehead atoms. The predicted octanol–water partition coefficient (Wildman–Crippen LogP) is 0.964. The van der Waals surface area contributed by atoms with E-state index in [0.717, 1.165) is 5.69 Å². The highest BCUT2D eigenvalue weighted by Crippen LogP contribution is 2.54. The number of anilines is 1. The van der Waals surface area contributed by atoms with Gasteiger partial charge in [0.25, 0.3) is 5.91 Å². The van der Waals surface area contributed by atoms with Crippen LogP contribution in [0.5, 0.6) is 5.75 Å². The molecule has 4 atom stereocenters. The summed E-state index contributed by atoms with van der Waals surface area (Å²) in [6.45, 7) is 1.32. The van der Waals surface area contributed by atoms with Crippen molar-refractivity contribution in [1.82, 2.24) is 9.80 Å². The van der Waals surface area contributed by atoms with Crippen LogP contribution in [0.3, 0.4) is 0 Å². The number of benzene rings is 1. The first-order valence-corrected chi connectivity index (χ1v) is 13.8. The van der Waals surface area contributed by atoms with Gasteiger partial charge < -0.3 is 31.1 Å². The smallest absolute Gasteiger partial charge is 0.255 e. The zero-order valence-corrected chi connectivity index (χ0v) is 23.6. The molecule has 0 radical (unpaired) electrons. The van der Waals surface area contributed by atoms with Gasteiger partial charge in [0.1, 0.15) is 29.0 Å². The summed E-state index contributed by atoms with van der Waals surface area (Å²) in [5.41, 5.74) is 3.54. The molecule has 222 valence electrons. The number of likely N-dealkylation sites (tertiary alicyclic amines) is 1. The summed E-state index contributed by atoms with van der Waals surface area (Å²) in [6, 6.07) is 0.695. The van der Waals surface area contributed by atoms with Crippen LogP contribution >= 0.6 is 0 Å². The average Bonchev–Trinajstić information content (AvgIpc) is 2.88.